The molecule has 0 unspecified atom stereocenters. The van der Waals surface area contributed by atoms with Gasteiger partial charge in [0.2, 0.25) is 0 Å². The van der Waals surface area contributed by atoms with Crippen LogP contribution in [-0.2, 0) is 0 Å². The second kappa shape index (κ2) is 3.66. The molecule has 0 aliphatic carbocycles. The average molecular weight is 238 g/mol. The van der Waals surface area contributed by atoms with E-state index in [-0.39, 0.29) is 18.5 Å². The Balaban J connectivity index is 2.65. The van der Waals surface area contributed by atoms with Crippen LogP contribution in [0, 0.1) is 0 Å². The van der Waals surface area contributed by atoms with E-state index in [0.717, 1.165) is 4.47 Å². The van der Waals surface area contributed by atoms with Crippen molar-refractivity contribution in [2.75, 3.05) is 0 Å². The van der Waals surface area contributed by atoms with E-state index in [1.807, 2.05) is 18.2 Å². The molecule has 0 saturated heterocycles. The van der Waals surface area contributed by atoms with Gasteiger partial charge < -0.3 is 0 Å². The van der Waals surface area contributed by atoms with Crippen LogP contribution >= 0.6 is 15.9 Å². The van der Waals surface area contributed by atoms with E-state index in [4.69, 9.17) is 4.11 Å². The molecule has 0 amide bonds. The minimum Gasteiger partial charge on any atom is -0.261 e. The standard InChI is InChI=1S/C10H7BrN2/c11-9-4-2-1-3-8(9)10-7-12-5-6-13-10/h1-7H/i5D,6D,7D. The summed E-state index contributed by atoms with van der Waals surface area (Å²) in [6, 6.07) is 7.29. The zero-order valence-corrected chi connectivity index (χ0v) is 8.17. The van der Waals surface area contributed by atoms with Gasteiger partial charge in [0.1, 0.15) is 0 Å². The Labute approximate surface area is 89.0 Å². The normalized spacial score (nSPS) is 13.2. The molecule has 1 aromatic heterocycles. The van der Waals surface area contributed by atoms with Gasteiger partial charge in [-0.2, -0.15) is 0 Å². The highest BCUT2D eigenvalue weighted by molar-refractivity contribution is 9.10. The summed E-state index contributed by atoms with van der Waals surface area (Å²) < 4.78 is 23.1. The molecule has 13 heavy (non-hydrogen) atoms. The fourth-order valence-electron chi connectivity index (χ4n) is 0.986. The van der Waals surface area contributed by atoms with Crippen molar-refractivity contribution in [1.29, 1.82) is 0 Å². The SMILES string of the molecule is [2H]c1nc([2H])c(-c2ccccc2Br)nc1[2H]. The van der Waals surface area contributed by atoms with Gasteiger partial charge in [-0.15, -0.1) is 0 Å². The van der Waals surface area contributed by atoms with Gasteiger partial charge in [-0.3, -0.25) is 9.97 Å². The third-order valence-electron chi connectivity index (χ3n) is 1.56. The zero-order chi connectivity index (χ0) is 11.7. The fourth-order valence-corrected chi connectivity index (χ4v) is 1.46. The van der Waals surface area contributed by atoms with Crippen molar-refractivity contribution in [2.45, 2.75) is 0 Å². The number of benzene rings is 1. The average Bonchev–Trinajstić information content (AvgIpc) is 2.25. The van der Waals surface area contributed by atoms with Crippen LogP contribution < -0.4 is 0 Å². The van der Waals surface area contributed by atoms with E-state index in [1.54, 1.807) is 6.07 Å². The molecular weight excluding hydrogens is 228 g/mol. The van der Waals surface area contributed by atoms with Gasteiger partial charge in [0.05, 0.1) is 16.0 Å². The first kappa shape index (κ1) is 5.50. The van der Waals surface area contributed by atoms with E-state index in [1.165, 1.54) is 0 Å². The smallest absolute Gasteiger partial charge is 0.0896 e. The molecule has 0 fully saturated rings. The lowest BCUT2D eigenvalue weighted by atomic mass is 10.2. The van der Waals surface area contributed by atoms with Gasteiger partial charge in [-0.05, 0) is 6.07 Å². The largest absolute Gasteiger partial charge is 0.261 e. The zero-order valence-electron chi connectivity index (χ0n) is 9.58. The van der Waals surface area contributed by atoms with Crippen LogP contribution in [0.2, 0.25) is 0 Å². The molecule has 0 radical (unpaired) electrons. The monoisotopic (exact) mass is 237 g/mol. The van der Waals surface area contributed by atoms with Gasteiger partial charge in [0, 0.05) is 22.4 Å². The maximum Gasteiger partial charge on any atom is 0.0896 e. The van der Waals surface area contributed by atoms with Gasteiger partial charge >= 0.3 is 0 Å². The lowest BCUT2D eigenvalue weighted by Gasteiger charge is -2.01. The topological polar surface area (TPSA) is 25.8 Å². The van der Waals surface area contributed by atoms with Gasteiger partial charge in [-0.1, -0.05) is 34.1 Å². The maximum absolute atomic E-state index is 7.64. The van der Waals surface area contributed by atoms with Crippen LogP contribution in [0.5, 0.6) is 0 Å². The van der Waals surface area contributed by atoms with E-state index in [2.05, 4.69) is 25.9 Å². The van der Waals surface area contributed by atoms with Crippen molar-refractivity contribution >= 4 is 15.9 Å². The molecule has 0 spiro atoms. The van der Waals surface area contributed by atoms with Crippen LogP contribution in [0.3, 0.4) is 0 Å². The molecule has 3 heteroatoms. The highest BCUT2D eigenvalue weighted by Crippen LogP contribution is 2.24. The number of halogens is 1. The summed E-state index contributed by atoms with van der Waals surface area (Å²) in [5, 5.41) is 0. The van der Waals surface area contributed by atoms with Crippen molar-refractivity contribution in [3.63, 3.8) is 0 Å². The van der Waals surface area contributed by atoms with Crippen molar-refractivity contribution in [3.8, 4) is 11.3 Å². The fraction of sp³-hybridized carbons (Fsp3) is 0. The Hall–Kier alpha value is -1.22. The van der Waals surface area contributed by atoms with Crippen LogP contribution in [0.1, 0.15) is 4.11 Å². The quantitative estimate of drug-likeness (QED) is 0.763. The van der Waals surface area contributed by atoms with E-state index in [9.17, 15) is 0 Å². The number of hydrogen-bond acceptors (Lipinski definition) is 2. The first-order chi connectivity index (χ1) is 7.59. The van der Waals surface area contributed by atoms with Crippen LogP contribution in [-0.4, -0.2) is 9.97 Å². The van der Waals surface area contributed by atoms with Crippen LogP contribution in [0.25, 0.3) is 11.3 Å². The molecular formula is C10H7BrN2. The van der Waals surface area contributed by atoms with Gasteiger partial charge in [0.25, 0.3) is 0 Å². The summed E-state index contributed by atoms with van der Waals surface area (Å²) in [6.07, 6.45) is -0.588. The first-order valence-corrected chi connectivity index (χ1v) is 4.45. The lowest BCUT2D eigenvalue weighted by molar-refractivity contribution is 1.20. The molecule has 1 heterocycles. The predicted octanol–water partition coefficient (Wildman–Crippen LogP) is 2.91. The highest BCUT2D eigenvalue weighted by atomic mass is 79.9. The van der Waals surface area contributed by atoms with Crippen molar-refractivity contribution < 1.29 is 4.11 Å². The van der Waals surface area contributed by atoms with Gasteiger partial charge in [-0.25, -0.2) is 0 Å². The number of hydrogen-bond donors (Lipinski definition) is 0. The Bertz CT molecular complexity index is 546. The summed E-state index contributed by atoms with van der Waals surface area (Å²) in [5.74, 6) is 0. The first-order valence-electron chi connectivity index (χ1n) is 5.16. The molecule has 64 valence electrons. The maximum atomic E-state index is 7.64. The number of aromatic nitrogens is 2. The van der Waals surface area contributed by atoms with Crippen LogP contribution in [0.4, 0.5) is 0 Å². The van der Waals surface area contributed by atoms with E-state index >= 15 is 0 Å². The third kappa shape index (κ3) is 1.75. The van der Waals surface area contributed by atoms with Crippen molar-refractivity contribution in [3.05, 3.63) is 47.3 Å². The third-order valence-corrected chi connectivity index (χ3v) is 2.26. The Kier molecular flexibility index (Phi) is 1.55. The Morgan fingerprint density at radius 1 is 1.23 bits per heavy atom. The summed E-state index contributed by atoms with van der Waals surface area (Å²) in [7, 11) is 0. The lowest BCUT2D eigenvalue weighted by Crippen LogP contribution is -1.84. The molecule has 1 aromatic carbocycles. The Morgan fingerprint density at radius 2 is 2.08 bits per heavy atom. The molecule has 2 aromatic rings. The van der Waals surface area contributed by atoms with E-state index in [0.29, 0.717) is 11.3 Å². The Morgan fingerprint density at radius 3 is 2.92 bits per heavy atom. The molecule has 0 aliphatic rings. The highest BCUT2D eigenvalue weighted by Gasteiger charge is 2.01. The summed E-state index contributed by atoms with van der Waals surface area (Å²) >= 11 is 3.35. The predicted molar refractivity (Wildman–Crippen MR) is 55.2 cm³/mol. The minimum absolute atomic E-state index is 0.0899. The molecule has 0 bridgehead atoms. The number of nitrogens with zero attached hydrogens (tertiary/aromatic N) is 2. The minimum atomic E-state index is -0.277. The molecule has 0 N–H and O–H groups in total. The van der Waals surface area contributed by atoms with Crippen LogP contribution in [0.15, 0.2) is 47.3 Å². The van der Waals surface area contributed by atoms with Crippen molar-refractivity contribution in [2.24, 2.45) is 0 Å². The second-order valence-electron chi connectivity index (χ2n) is 2.39. The molecule has 2 rings (SSSR count). The number of rotatable bonds is 1. The molecule has 2 nitrogen and oxygen atoms in total. The molecule has 0 atom stereocenters. The molecule has 0 saturated carbocycles. The second-order valence-corrected chi connectivity index (χ2v) is 3.24. The summed E-state index contributed by atoms with van der Waals surface area (Å²) in [6.45, 7) is 0. The summed E-state index contributed by atoms with van der Waals surface area (Å²) in [4.78, 5) is 7.56. The van der Waals surface area contributed by atoms with Crippen molar-refractivity contribution in [1.82, 2.24) is 9.97 Å². The summed E-state index contributed by atoms with van der Waals surface area (Å²) in [5.41, 5.74) is 1.02. The van der Waals surface area contributed by atoms with E-state index < -0.39 is 0 Å². The molecule has 0 aliphatic heterocycles. The van der Waals surface area contributed by atoms with Gasteiger partial charge in [0.15, 0.2) is 0 Å².